The zero-order chi connectivity index (χ0) is 20.3. The molecule has 2 aromatic carbocycles. The molecule has 0 amide bonds. The fourth-order valence-electron chi connectivity index (χ4n) is 3.49. The minimum Gasteiger partial charge on any atom is -0.507 e. The van der Waals surface area contributed by atoms with E-state index in [1.54, 1.807) is 6.07 Å². The van der Waals surface area contributed by atoms with Crippen molar-refractivity contribution in [3.8, 4) is 5.75 Å². The molecular formula is C20H22IN5O2. The van der Waals surface area contributed by atoms with Crippen molar-refractivity contribution in [3.05, 3.63) is 61.0 Å². The van der Waals surface area contributed by atoms with Crippen molar-refractivity contribution < 1.29 is 9.90 Å². The van der Waals surface area contributed by atoms with E-state index in [0.29, 0.717) is 9.26 Å². The minimum atomic E-state index is -0.151. The first-order chi connectivity index (χ1) is 13.4. The van der Waals surface area contributed by atoms with Gasteiger partial charge in [0.25, 0.3) is 0 Å². The van der Waals surface area contributed by atoms with Gasteiger partial charge >= 0.3 is 0 Å². The Morgan fingerprint density at radius 1 is 1.21 bits per heavy atom. The van der Waals surface area contributed by atoms with Crippen molar-refractivity contribution >= 4 is 39.7 Å². The largest absolute Gasteiger partial charge is 0.507 e. The zero-order valence-electron chi connectivity index (χ0n) is 15.9. The third kappa shape index (κ3) is 4.57. The van der Waals surface area contributed by atoms with Gasteiger partial charge in [-0.1, -0.05) is 22.8 Å². The van der Waals surface area contributed by atoms with Crippen molar-refractivity contribution in [1.29, 1.82) is 0 Å². The second-order valence-corrected chi connectivity index (χ2v) is 8.15. The molecule has 0 aliphatic carbocycles. The van der Waals surface area contributed by atoms with E-state index in [1.807, 2.05) is 22.6 Å². The number of phenols is 1. The summed E-state index contributed by atoms with van der Waals surface area (Å²) in [5.41, 5.74) is 12.9. The van der Waals surface area contributed by atoms with Gasteiger partial charge in [-0.15, -0.1) is 0 Å². The van der Waals surface area contributed by atoms with E-state index in [-0.39, 0.29) is 23.6 Å². The highest BCUT2D eigenvalue weighted by Crippen LogP contribution is 2.30. The van der Waals surface area contributed by atoms with Crippen LogP contribution in [0, 0.1) is 17.4 Å². The molecule has 8 heteroatoms. The fraction of sp³-hybridized carbons (Fsp3) is 0.350. The van der Waals surface area contributed by atoms with Crippen LogP contribution in [0.3, 0.4) is 0 Å². The van der Waals surface area contributed by atoms with Crippen molar-refractivity contribution in [2.24, 2.45) is 5.11 Å². The SMILES string of the molecule is Cc1ccc(N2CCN(CC(=O)c3cc(I)c(N=[N+]=[N-])cc3O)CC2)c(C)c1. The molecule has 1 aliphatic heterocycles. The van der Waals surface area contributed by atoms with Crippen LogP contribution in [-0.2, 0) is 0 Å². The molecule has 1 heterocycles. The summed E-state index contributed by atoms with van der Waals surface area (Å²) in [4.78, 5) is 19.9. The molecule has 0 saturated carbocycles. The van der Waals surface area contributed by atoms with E-state index in [1.165, 1.54) is 22.9 Å². The van der Waals surface area contributed by atoms with Crippen LogP contribution in [0.15, 0.2) is 35.4 Å². The number of benzene rings is 2. The number of aromatic hydroxyl groups is 1. The number of nitrogens with zero attached hydrogens (tertiary/aromatic N) is 5. The lowest BCUT2D eigenvalue weighted by Gasteiger charge is -2.36. The lowest BCUT2D eigenvalue weighted by Crippen LogP contribution is -2.48. The standard InChI is InChI=1S/C20H22IN5O2/c1-13-3-4-18(14(2)9-13)26-7-5-25(6-8-26)12-20(28)15-10-16(21)17(23-24-22)11-19(15)27/h3-4,9-11,27H,5-8,12H2,1-2H3. The summed E-state index contributed by atoms with van der Waals surface area (Å²) in [5.74, 6) is -0.287. The fourth-order valence-corrected chi connectivity index (χ4v) is 4.07. The number of piperazine rings is 1. The summed E-state index contributed by atoms with van der Waals surface area (Å²) in [5, 5.41) is 13.7. The summed E-state index contributed by atoms with van der Waals surface area (Å²) in [6, 6.07) is 9.40. The number of rotatable bonds is 5. The van der Waals surface area contributed by atoms with Crippen molar-refractivity contribution in [1.82, 2.24) is 4.90 Å². The van der Waals surface area contributed by atoms with E-state index >= 15 is 0 Å². The maximum atomic E-state index is 12.7. The molecule has 1 fully saturated rings. The molecule has 7 nitrogen and oxygen atoms in total. The Hall–Kier alpha value is -2.29. The van der Waals surface area contributed by atoms with Crippen LogP contribution >= 0.6 is 22.6 Å². The summed E-state index contributed by atoms with van der Waals surface area (Å²) >= 11 is 2.00. The molecule has 0 radical (unpaired) electrons. The predicted octanol–water partition coefficient (Wildman–Crippen LogP) is 4.56. The lowest BCUT2D eigenvalue weighted by atomic mass is 10.1. The molecule has 3 rings (SSSR count). The first-order valence-corrected chi connectivity index (χ1v) is 10.1. The van der Waals surface area contributed by atoms with Gasteiger partial charge in [0, 0.05) is 40.3 Å². The average Bonchev–Trinajstić information content (AvgIpc) is 2.65. The number of phenolic OH excluding ortho intramolecular Hbond substituents is 1. The quantitative estimate of drug-likeness (QED) is 0.218. The highest BCUT2D eigenvalue weighted by atomic mass is 127. The Morgan fingerprint density at radius 2 is 1.93 bits per heavy atom. The van der Waals surface area contributed by atoms with Gasteiger partial charge in [-0.25, -0.2) is 0 Å². The van der Waals surface area contributed by atoms with E-state index < -0.39 is 0 Å². The monoisotopic (exact) mass is 491 g/mol. The molecule has 0 spiro atoms. The zero-order valence-corrected chi connectivity index (χ0v) is 18.0. The number of aryl methyl sites for hydroxylation is 2. The normalized spacial score (nSPS) is 14.6. The molecule has 0 bridgehead atoms. The minimum absolute atomic E-state index is 0.136. The molecule has 1 N–H and O–H groups in total. The van der Waals surface area contributed by atoms with Crippen LogP contribution in [-0.4, -0.2) is 48.5 Å². The molecular weight excluding hydrogens is 469 g/mol. The van der Waals surface area contributed by atoms with Crippen LogP contribution in [0.1, 0.15) is 21.5 Å². The number of hydrogen-bond donors (Lipinski definition) is 1. The third-order valence-electron chi connectivity index (χ3n) is 4.95. The van der Waals surface area contributed by atoms with E-state index in [2.05, 4.69) is 51.9 Å². The van der Waals surface area contributed by atoms with Gasteiger partial charge in [0.15, 0.2) is 5.78 Å². The first-order valence-electron chi connectivity index (χ1n) is 9.04. The predicted molar refractivity (Wildman–Crippen MR) is 119 cm³/mol. The summed E-state index contributed by atoms with van der Waals surface area (Å²) < 4.78 is 0.635. The van der Waals surface area contributed by atoms with E-state index in [9.17, 15) is 9.90 Å². The summed E-state index contributed by atoms with van der Waals surface area (Å²) in [6.07, 6.45) is 0. The van der Waals surface area contributed by atoms with Gasteiger partial charge in [-0.05, 0) is 65.7 Å². The van der Waals surface area contributed by atoms with Gasteiger partial charge < -0.3 is 10.0 Å². The van der Waals surface area contributed by atoms with Crippen molar-refractivity contribution in [3.63, 3.8) is 0 Å². The van der Waals surface area contributed by atoms with E-state index in [4.69, 9.17) is 5.53 Å². The first kappa shape index (κ1) is 20.4. The molecule has 1 aliphatic rings. The Balaban J connectivity index is 1.64. The van der Waals surface area contributed by atoms with E-state index in [0.717, 1.165) is 26.2 Å². The highest BCUT2D eigenvalue weighted by Gasteiger charge is 2.22. The molecule has 0 atom stereocenters. The number of Topliss-reactive ketones (excluding diaryl/α,β-unsaturated/α-hetero) is 1. The van der Waals surface area contributed by atoms with Gasteiger partial charge in [0.2, 0.25) is 0 Å². The maximum absolute atomic E-state index is 12.7. The number of ketones is 1. The Bertz CT molecular complexity index is 948. The molecule has 1 saturated heterocycles. The topological polar surface area (TPSA) is 92.5 Å². The molecule has 28 heavy (non-hydrogen) atoms. The van der Waals surface area contributed by atoms with Gasteiger partial charge in [0.1, 0.15) is 5.75 Å². The number of hydrogen-bond acceptors (Lipinski definition) is 5. The van der Waals surface area contributed by atoms with Crippen LogP contribution < -0.4 is 4.90 Å². The lowest BCUT2D eigenvalue weighted by molar-refractivity contribution is 0.0923. The van der Waals surface area contributed by atoms with Gasteiger partial charge in [-0.3, -0.25) is 9.69 Å². The van der Waals surface area contributed by atoms with Crippen LogP contribution in [0.4, 0.5) is 11.4 Å². The van der Waals surface area contributed by atoms with Gasteiger partial charge in [0.05, 0.1) is 17.8 Å². The molecule has 0 unspecified atom stereocenters. The summed E-state index contributed by atoms with van der Waals surface area (Å²) in [6.45, 7) is 7.76. The second kappa shape index (κ2) is 8.81. The van der Waals surface area contributed by atoms with Gasteiger partial charge in [-0.2, -0.15) is 0 Å². The number of carbonyl (C=O) groups is 1. The third-order valence-corrected chi connectivity index (χ3v) is 5.81. The highest BCUT2D eigenvalue weighted by molar-refractivity contribution is 14.1. The van der Waals surface area contributed by atoms with Crippen LogP contribution in [0.2, 0.25) is 0 Å². The number of azide groups is 1. The van der Waals surface area contributed by atoms with Crippen LogP contribution in [0.25, 0.3) is 10.4 Å². The molecule has 0 aromatic heterocycles. The Labute approximate surface area is 177 Å². The average molecular weight is 491 g/mol. The van der Waals surface area contributed by atoms with Crippen molar-refractivity contribution in [2.45, 2.75) is 13.8 Å². The van der Waals surface area contributed by atoms with Crippen molar-refractivity contribution in [2.75, 3.05) is 37.6 Å². The Morgan fingerprint density at radius 3 is 2.57 bits per heavy atom. The number of carbonyl (C=O) groups excluding carboxylic acids is 1. The molecule has 146 valence electrons. The Kier molecular flexibility index (Phi) is 6.43. The summed E-state index contributed by atoms with van der Waals surface area (Å²) in [7, 11) is 0. The number of halogens is 1. The maximum Gasteiger partial charge on any atom is 0.180 e. The second-order valence-electron chi connectivity index (χ2n) is 6.99. The van der Waals surface area contributed by atoms with Crippen LogP contribution in [0.5, 0.6) is 5.75 Å². The number of anilines is 1. The smallest absolute Gasteiger partial charge is 0.180 e. The molecule has 2 aromatic rings.